The van der Waals surface area contributed by atoms with Gasteiger partial charge in [-0.05, 0) is 82.3 Å². The van der Waals surface area contributed by atoms with Crippen molar-refractivity contribution in [3.8, 4) is 0 Å². The van der Waals surface area contributed by atoms with E-state index in [9.17, 15) is 0 Å². The van der Waals surface area contributed by atoms with Crippen LogP contribution in [0.2, 0.25) is 0 Å². The molecule has 0 saturated heterocycles. The average Bonchev–Trinajstić information content (AvgIpc) is 3.22. The smallest absolute Gasteiger partial charge is 0.163 e. The van der Waals surface area contributed by atoms with Gasteiger partial charge in [-0.1, -0.05) is 107 Å². The van der Waals surface area contributed by atoms with E-state index < -0.39 is 0 Å². The molecule has 9 rings (SSSR count). The number of hydrogen-bond acceptors (Lipinski definition) is 2. The molecule has 0 fully saturated rings. The first-order valence-corrected chi connectivity index (χ1v) is 15.4. The van der Waals surface area contributed by atoms with Gasteiger partial charge in [0.15, 0.2) is 0 Å². The van der Waals surface area contributed by atoms with Crippen molar-refractivity contribution in [3.05, 3.63) is 142 Å². The van der Waals surface area contributed by atoms with Crippen LogP contribution in [0, 0.1) is 0 Å². The highest BCUT2D eigenvalue weighted by molar-refractivity contribution is 8.28. The number of rotatable bonds is 0. The molecule has 0 aromatic heterocycles. The molecule has 0 aliphatic carbocycles. The normalized spacial score (nSPS) is 15.7. The van der Waals surface area contributed by atoms with E-state index in [-0.39, 0.29) is 0 Å². The first-order chi connectivity index (χ1) is 18.8. The predicted octanol–water partition coefficient (Wildman–Crippen LogP) is 5.10. The molecule has 5 aromatic carbocycles. The van der Waals surface area contributed by atoms with Crippen molar-refractivity contribution in [2.24, 2.45) is 0 Å². The van der Waals surface area contributed by atoms with Crippen LogP contribution in [0.4, 0.5) is 0 Å². The van der Waals surface area contributed by atoms with Crippen molar-refractivity contribution >= 4 is 57.1 Å². The number of fused-ring (bicyclic) bond motifs is 6. The summed E-state index contributed by atoms with van der Waals surface area (Å²) >= 11 is 4.15. The average molecular weight is 518 g/mol. The third-order valence-electron chi connectivity index (χ3n) is 9.02. The fraction of sp³-hybridized carbons (Fsp3) is 0.118. The molecule has 4 heteroatoms. The first-order valence-electron chi connectivity index (χ1n) is 13.7. The van der Waals surface area contributed by atoms with Gasteiger partial charge in [0.2, 0.25) is 0 Å². The van der Waals surface area contributed by atoms with Crippen LogP contribution in [0.1, 0.15) is 44.5 Å². The molecule has 4 aliphatic rings. The first kappa shape index (κ1) is 21.8. The summed E-state index contributed by atoms with van der Waals surface area (Å²) in [4.78, 5) is 2.88. The van der Waals surface area contributed by atoms with Crippen LogP contribution in [0.5, 0.6) is 0 Å². The van der Waals surface area contributed by atoms with E-state index in [1.807, 2.05) is 0 Å². The quantitative estimate of drug-likeness (QED) is 0.262. The van der Waals surface area contributed by atoms with Crippen molar-refractivity contribution in [3.63, 3.8) is 0 Å². The van der Waals surface area contributed by atoms with Gasteiger partial charge in [-0.15, -0.1) is 0 Å². The van der Waals surface area contributed by atoms with E-state index in [2.05, 4.69) is 120 Å². The van der Waals surface area contributed by atoms with Gasteiger partial charge in [0, 0.05) is 9.79 Å². The molecule has 0 saturated carbocycles. The second-order valence-electron chi connectivity index (χ2n) is 11.1. The molecule has 5 aromatic rings. The molecule has 0 unspecified atom stereocenters. The monoisotopic (exact) mass is 518 g/mol. The second-order valence-corrected chi connectivity index (χ2v) is 13.4. The summed E-state index contributed by atoms with van der Waals surface area (Å²) in [6.45, 7) is 0. The topological polar surface area (TPSA) is 0 Å². The highest BCUT2D eigenvalue weighted by atomic mass is 32.2. The Kier molecular flexibility index (Phi) is 4.72. The lowest BCUT2D eigenvalue weighted by Crippen LogP contribution is -2.54. The van der Waals surface area contributed by atoms with Gasteiger partial charge < -0.3 is 0 Å². The summed E-state index contributed by atoms with van der Waals surface area (Å²) in [6.07, 6.45) is 4.17. The van der Waals surface area contributed by atoms with E-state index >= 15 is 0 Å². The fourth-order valence-corrected chi connectivity index (χ4v) is 10.2. The third-order valence-corrected chi connectivity index (χ3v) is 11.8. The Hall–Kier alpha value is -3.07. The summed E-state index contributed by atoms with van der Waals surface area (Å²) in [5, 5.41) is 0. The largest absolute Gasteiger partial charge is 0.281 e. The lowest BCUT2D eigenvalue weighted by molar-refractivity contribution is 1.11. The lowest BCUT2D eigenvalue weighted by atomic mass is 9.48. The van der Waals surface area contributed by atoms with Crippen molar-refractivity contribution in [2.45, 2.75) is 35.5 Å². The Balaban J connectivity index is 1.26. The maximum Gasteiger partial charge on any atom is 0.281 e. The standard InChI is InChI=1S/C34H24B2S2/c1-3-13-31-21(7-1)15-23-9-5-11-25-17-27-19-28-18-26-12-6-10-24-16-22-8-2-4-14-32(22)38-36(34(24)26)30(28)20-29(27)35(37-31)33(23)25/h1-14,19-20H,15-18H2. The second kappa shape index (κ2) is 8.21. The Labute approximate surface area is 233 Å². The van der Waals surface area contributed by atoms with Crippen LogP contribution >= 0.6 is 23.2 Å². The van der Waals surface area contributed by atoms with E-state index in [4.69, 9.17) is 0 Å². The molecule has 0 atom stereocenters. The molecule has 178 valence electrons. The summed E-state index contributed by atoms with van der Waals surface area (Å²) in [5.41, 5.74) is 18.3. The molecule has 4 aliphatic heterocycles. The molecule has 0 N–H and O–H groups in total. The van der Waals surface area contributed by atoms with E-state index in [0.29, 0.717) is 12.0 Å². The summed E-state index contributed by atoms with van der Waals surface area (Å²) in [7, 11) is 0. The molecule has 0 nitrogen and oxygen atoms in total. The molecule has 38 heavy (non-hydrogen) atoms. The van der Waals surface area contributed by atoms with Crippen LogP contribution in [-0.4, -0.2) is 12.0 Å². The van der Waals surface area contributed by atoms with Crippen molar-refractivity contribution in [1.29, 1.82) is 0 Å². The van der Waals surface area contributed by atoms with Crippen LogP contribution in [-0.2, 0) is 25.7 Å². The zero-order valence-corrected chi connectivity index (χ0v) is 22.7. The molecule has 0 spiro atoms. The summed E-state index contributed by atoms with van der Waals surface area (Å²) < 4.78 is 0. The fourth-order valence-electron chi connectivity index (χ4n) is 7.31. The maximum absolute atomic E-state index is 2.64. The maximum atomic E-state index is 2.64. The van der Waals surface area contributed by atoms with Crippen molar-refractivity contribution in [1.82, 2.24) is 0 Å². The number of hydrogen-bond donors (Lipinski definition) is 0. The Bertz CT molecular complexity index is 1680. The van der Waals surface area contributed by atoms with Gasteiger partial charge in [0.1, 0.15) is 0 Å². The van der Waals surface area contributed by atoms with Crippen LogP contribution in [0.25, 0.3) is 0 Å². The zero-order chi connectivity index (χ0) is 24.8. The van der Waals surface area contributed by atoms with E-state index in [0.717, 1.165) is 25.7 Å². The minimum atomic E-state index is 0.360. The molecular formula is C34H24B2S2. The number of benzene rings is 5. The summed E-state index contributed by atoms with van der Waals surface area (Å²) in [6, 6.07) is 37.4. The SMILES string of the molecule is c1ccc2c(c1)Cc1cccc3c1B(S2)c1cc2c(cc1C3)Cc1cccc3c1B2Sc1ccccc1C3. The van der Waals surface area contributed by atoms with Crippen LogP contribution < -0.4 is 21.9 Å². The Morgan fingerprint density at radius 3 is 1.26 bits per heavy atom. The van der Waals surface area contributed by atoms with E-state index in [1.165, 1.54) is 54.3 Å². The third kappa shape index (κ3) is 3.17. The molecule has 4 heterocycles. The van der Waals surface area contributed by atoms with Gasteiger partial charge in [-0.2, -0.15) is 23.2 Å². The molecule has 0 radical (unpaired) electrons. The van der Waals surface area contributed by atoms with Crippen LogP contribution in [0.3, 0.4) is 0 Å². The zero-order valence-electron chi connectivity index (χ0n) is 21.0. The van der Waals surface area contributed by atoms with Gasteiger partial charge in [-0.25, -0.2) is 0 Å². The van der Waals surface area contributed by atoms with Gasteiger partial charge in [-0.3, -0.25) is 0 Å². The van der Waals surface area contributed by atoms with Crippen molar-refractivity contribution in [2.75, 3.05) is 0 Å². The minimum absolute atomic E-state index is 0.360. The van der Waals surface area contributed by atoms with E-state index in [1.54, 1.807) is 21.9 Å². The van der Waals surface area contributed by atoms with Gasteiger partial charge in [0.25, 0.3) is 12.0 Å². The predicted molar refractivity (Wildman–Crippen MR) is 165 cm³/mol. The molecular weight excluding hydrogens is 494 g/mol. The Morgan fingerprint density at radius 1 is 0.395 bits per heavy atom. The lowest BCUT2D eigenvalue weighted by Gasteiger charge is -2.32. The minimum Gasteiger partial charge on any atom is -0.163 e. The highest BCUT2D eigenvalue weighted by Gasteiger charge is 2.39. The Morgan fingerprint density at radius 2 is 0.789 bits per heavy atom. The van der Waals surface area contributed by atoms with Crippen LogP contribution in [0.15, 0.2) is 107 Å². The molecule has 0 amide bonds. The summed E-state index contributed by atoms with van der Waals surface area (Å²) in [5.74, 6) is 0.720. The molecule has 0 bridgehead atoms. The van der Waals surface area contributed by atoms with Gasteiger partial charge >= 0.3 is 0 Å². The van der Waals surface area contributed by atoms with Gasteiger partial charge in [0.05, 0.1) is 0 Å². The van der Waals surface area contributed by atoms with Crippen molar-refractivity contribution < 1.29 is 0 Å². The highest BCUT2D eigenvalue weighted by Crippen LogP contribution is 2.36.